The molecular formula is C22H31N3O3. The number of nitrogens with one attached hydrogen (secondary N) is 1. The fourth-order valence-corrected chi connectivity index (χ4v) is 4.58. The molecule has 3 heterocycles. The summed E-state index contributed by atoms with van der Waals surface area (Å²) in [6.07, 6.45) is 4.74. The van der Waals surface area contributed by atoms with E-state index in [0.29, 0.717) is 23.2 Å². The predicted molar refractivity (Wildman–Crippen MR) is 110 cm³/mol. The highest BCUT2D eigenvalue weighted by atomic mass is 16.5. The number of aromatic nitrogens is 1. The molecule has 6 heteroatoms. The highest BCUT2D eigenvalue weighted by Gasteiger charge is 2.29. The van der Waals surface area contributed by atoms with Crippen LogP contribution >= 0.6 is 0 Å². The van der Waals surface area contributed by atoms with E-state index in [9.17, 15) is 4.79 Å². The number of carbonyl (C=O) groups is 1. The smallest absolute Gasteiger partial charge is 0.270 e. The van der Waals surface area contributed by atoms with Crippen molar-refractivity contribution in [3.8, 4) is 11.5 Å². The third kappa shape index (κ3) is 3.70. The second-order valence-electron chi connectivity index (χ2n) is 8.22. The molecule has 28 heavy (non-hydrogen) atoms. The van der Waals surface area contributed by atoms with E-state index in [1.54, 1.807) is 14.2 Å². The zero-order chi connectivity index (χ0) is 19.7. The van der Waals surface area contributed by atoms with Gasteiger partial charge in [0.1, 0.15) is 17.2 Å². The van der Waals surface area contributed by atoms with Crippen molar-refractivity contribution in [2.24, 2.45) is 5.92 Å². The lowest BCUT2D eigenvalue weighted by Crippen LogP contribution is -2.48. The highest BCUT2D eigenvalue weighted by molar-refractivity contribution is 6.00. The van der Waals surface area contributed by atoms with E-state index >= 15 is 0 Å². The van der Waals surface area contributed by atoms with Gasteiger partial charge in [0.25, 0.3) is 5.91 Å². The van der Waals surface area contributed by atoms with E-state index in [2.05, 4.69) is 16.8 Å². The summed E-state index contributed by atoms with van der Waals surface area (Å²) >= 11 is 0. The number of hydrogen-bond acceptors (Lipinski definition) is 4. The van der Waals surface area contributed by atoms with Crippen LogP contribution in [0.1, 0.15) is 43.1 Å². The second kappa shape index (κ2) is 8.03. The number of hydrogen-bond donors (Lipinski definition) is 1. The maximum absolute atomic E-state index is 13.1. The Morgan fingerprint density at radius 1 is 1.00 bits per heavy atom. The van der Waals surface area contributed by atoms with Crippen LogP contribution in [0.2, 0.25) is 0 Å². The van der Waals surface area contributed by atoms with Crippen LogP contribution in [-0.4, -0.2) is 67.1 Å². The summed E-state index contributed by atoms with van der Waals surface area (Å²) in [5.74, 6) is 2.35. The number of benzene rings is 1. The van der Waals surface area contributed by atoms with Crippen LogP contribution in [0, 0.1) is 5.92 Å². The predicted octanol–water partition coefficient (Wildman–Crippen LogP) is 3.52. The van der Waals surface area contributed by atoms with Crippen LogP contribution in [0.4, 0.5) is 0 Å². The first-order valence-electron chi connectivity index (χ1n) is 10.4. The van der Waals surface area contributed by atoms with Gasteiger partial charge in [-0.2, -0.15) is 0 Å². The van der Waals surface area contributed by atoms with Gasteiger partial charge in [-0.3, -0.25) is 4.79 Å². The Balaban J connectivity index is 1.44. The zero-order valence-electron chi connectivity index (χ0n) is 17.2. The summed E-state index contributed by atoms with van der Waals surface area (Å²) < 4.78 is 10.8. The number of rotatable bonds is 4. The number of nitrogens with zero attached hydrogens (tertiary/aromatic N) is 2. The Morgan fingerprint density at radius 2 is 1.71 bits per heavy atom. The summed E-state index contributed by atoms with van der Waals surface area (Å²) in [6, 6.07) is 6.27. The summed E-state index contributed by atoms with van der Waals surface area (Å²) in [6.45, 7) is 6.42. The summed E-state index contributed by atoms with van der Waals surface area (Å²) in [5, 5.41) is 0.906. The fourth-order valence-electron chi connectivity index (χ4n) is 4.58. The van der Waals surface area contributed by atoms with Crippen LogP contribution < -0.4 is 9.47 Å². The number of ether oxygens (including phenoxy) is 2. The van der Waals surface area contributed by atoms with Gasteiger partial charge in [-0.15, -0.1) is 0 Å². The number of methoxy groups -OCH3 is 2. The summed E-state index contributed by atoms with van der Waals surface area (Å²) in [4.78, 5) is 20.9. The Hall–Kier alpha value is -2.21. The second-order valence-corrected chi connectivity index (χ2v) is 8.22. The lowest BCUT2D eigenvalue weighted by Gasteiger charge is -2.41. The standard InChI is InChI=1S/C22H31N3O3/c1-15-4-8-24(9-5-15)16-6-10-25(11-7-16)22(26)20-14-18-19(23-20)12-17(27-2)13-21(18)28-3/h12-16,23H,4-11H2,1-3H3. The molecule has 2 aromatic rings. The van der Waals surface area contributed by atoms with E-state index in [1.165, 1.54) is 25.9 Å². The molecule has 1 N–H and O–H groups in total. The minimum atomic E-state index is 0.0722. The number of aromatic amines is 1. The van der Waals surface area contributed by atoms with Crippen molar-refractivity contribution in [2.75, 3.05) is 40.4 Å². The van der Waals surface area contributed by atoms with Gasteiger partial charge in [-0.25, -0.2) is 0 Å². The SMILES string of the molecule is COc1cc(OC)c2cc(C(=O)N3CCC(N4CCC(C)CC4)CC3)[nH]c2c1. The Labute approximate surface area is 166 Å². The molecule has 1 amide bonds. The van der Waals surface area contributed by atoms with Crippen molar-refractivity contribution in [1.82, 2.24) is 14.8 Å². The zero-order valence-corrected chi connectivity index (χ0v) is 17.2. The molecule has 2 saturated heterocycles. The van der Waals surface area contributed by atoms with Crippen LogP contribution in [0.5, 0.6) is 11.5 Å². The molecule has 2 fully saturated rings. The molecule has 4 rings (SSSR count). The van der Waals surface area contributed by atoms with Gasteiger partial charge < -0.3 is 24.3 Å². The minimum absolute atomic E-state index is 0.0722. The minimum Gasteiger partial charge on any atom is -0.497 e. The first kappa shape index (κ1) is 19.1. The molecule has 152 valence electrons. The van der Waals surface area contributed by atoms with E-state index in [1.807, 2.05) is 23.1 Å². The molecule has 0 unspecified atom stereocenters. The first-order chi connectivity index (χ1) is 13.6. The van der Waals surface area contributed by atoms with Crippen molar-refractivity contribution in [2.45, 2.75) is 38.6 Å². The number of piperidine rings is 2. The van der Waals surface area contributed by atoms with E-state index < -0.39 is 0 Å². The maximum atomic E-state index is 13.1. The van der Waals surface area contributed by atoms with E-state index in [-0.39, 0.29) is 5.91 Å². The number of carbonyl (C=O) groups excluding carboxylic acids is 1. The molecule has 0 radical (unpaired) electrons. The van der Waals surface area contributed by atoms with Crippen molar-refractivity contribution < 1.29 is 14.3 Å². The number of amides is 1. The number of fused-ring (bicyclic) bond motifs is 1. The van der Waals surface area contributed by atoms with E-state index in [4.69, 9.17) is 9.47 Å². The van der Waals surface area contributed by atoms with Crippen molar-refractivity contribution in [3.63, 3.8) is 0 Å². The number of likely N-dealkylation sites (tertiary alicyclic amines) is 2. The molecule has 0 saturated carbocycles. The molecule has 0 aliphatic carbocycles. The molecule has 2 aliphatic heterocycles. The van der Waals surface area contributed by atoms with Gasteiger partial charge in [0, 0.05) is 36.7 Å². The lowest BCUT2D eigenvalue weighted by molar-refractivity contribution is 0.0556. The molecule has 6 nitrogen and oxygen atoms in total. The molecule has 0 spiro atoms. The highest BCUT2D eigenvalue weighted by Crippen LogP contribution is 2.32. The van der Waals surface area contributed by atoms with Crippen molar-refractivity contribution in [1.29, 1.82) is 0 Å². The largest absolute Gasteiger partial charge is 0.497 e. The molecule has 1 aromatic carbocycles. The van der Waals surface area contributed by atoms with Crippen LogP contribution in [0.15, 0.2) is 18.2 Å². The van der Waals surface area contributed by atoms with E-state index in [0.717, 1.165) is 42.8 Å². The number of H-pyrrole nitrogens is 1. The molecule has 2 aliphatic rings. The molecule has 1 aromatic heterocycles. The van der Waals surface area contributed by atoms with Gasteiger partial charge in [-0.1, -0.05) is 6.92 Å². The van der Waals surface area contributed by atoms with Gasteiger partial charge >= 0.3 is 0 Å². The summed E-state index contributed by atoms with van der Waals surface area (Å²) in [5.41, 5.74) is 1.48. The topological polar surface area (TPSA) is 57.8 Å². The Morgan fingerprint density at radius 3 is 2.36 bits per heavy atom. The average molecular weight is 386 g/mol. The lowest BCUT2D eigenvalue weighted by atomic mass is 9.95. The van der Waals surface area contributed by atoms with Crippen LogP contribution in [-0.2, 0) is 0 Å². The third-order valence-corrected chi connectivity index (χ3v) is 6.45. The molecule has 0 bridgehead atoms. The Bertz CT molecular complexity index is 831. The van der Waals surface area contributed by atoms with Crippen LogP contribution in [0.25, 0.3) is 10.9 Å². The first-order valence-corrected chi connectivity index (χ1v) is 10.4. The van der Waals surface area contributed by atoms with Crippen LogP contribution in [0.3, 0.4) is 0 Å². The average Bonchev–Trinajstić information content (AvgIpc) is 3.17. The van der Waals surface area contributed by atoms with Gasteiger partial charge in [0.05, 0.1) is 19.7 Å². The Kier molecular flexibility index (Phi) is 5.49. The normalized spacial score (nSPS) is 19.9. The monoisotopic (exact) mass is 385 g/mol. The van der Waals surface area contributed by atoms with Crippen molar-refractivity contribution >= 4 is 16.8 Å². The van der Waals surface area contributed by atoms with Gasteiger partial charge in [-0.05, 0) is 50.8 Å². The molecule has 0 atom stereocenters. The van der Waals surface area contributed by atoms with Gasteiger partial charge in [0.15, 0.2) is 0 Å². The maximum Gasteiger partial charge on any atom is 0.270 e. The fraction of sp³-hybridized carbons (Fsp3) is 0.591. The van der Waals surface area contributed by atoms with Crippen molar-refractivity contribution in [3.05, 3.63) is 23.9 Å². The quantitative estimate of drug-likeness (QED) is 0.875. The molecular weight excluding hydrogens is 354 g/mol. The van der Waals surface area contributed by atoms with Gasteiger partial charge in [0.2, 0.25) is 0 Å². The third-order valence-electron chi connectivity index (χ3n) is 6.45. The summed E-state index contributed by atoms with van der Waals surface area (Å²) in [7, 11) is 3.26.